The number of unbranched alkanes of at least 4 members (excludes halogenated alkanes) is 5. The summed E-state index contributed by atoms with van der Waals surface area (Å²) in [7, 11) is 0. The molecule has 0 fully saturated rings. The third-order valence-corrected chi connectivity index (χ3v) is 4.42. The van der Waals surface area contributed by atoms with Gasteiger partial charge in [0.25, 0.3) is 0 Å². The summed E-state index contributed by atoms with van der Waals surface area (Å²) >= 11 is 0. The van der Waals surface area contributed by atoms with Gasteiger partial charge in [-0.2, -0.15) is 0 Å². The highest BCUT2D eigenvalue weighted by molar-refractivity contribution is 5.86. The Hall–Kier alpha value is -2.70. The Morgan fingerprint density at radius 1 is 1.00 bits per heavy atom. The average molecular weight is 406 g/mol. The molecule has 7 nitrogen and oxygen atoms in total. The van der Waals surface area contributed by atoms with Gasteiger partial charge in [0, 0.05) is 19.4 Å². The van der Waals surface area contributed by atoms with Crippen LogP contribution < -0.4 is 15.1 Å². The van der Waals surface area contributed by atoms with Crippen LogP contribution in [0.1, 0.15) is 58.8 Å². The Morgan fingerprint density at radius 3 is 2.48 bits per heavy atom. The molecule has 7 heteroatoms. The van der Waals surface area contributed by atoms with Gasteiger partial charge in [0.1, 0.15) is 11.3 Å². The van der Waals surface area contributed by atoms with Gasteiger partial charge in [0.05, 0.1) is 25.2 Å². The Kier molecular flexibility index (Phi) is 9.34. The standard InChI is InChI=1S/C22H30O7/c1-3-4-5-6-7-8-12-28-21-20(24)18-11-10-17(15-19(18)29-22(21)25)27-14-9-13-26-16(2)23/h10-11,15,24H,3-9,12-14H2,1-2H3. The molecule has 1 N–H and O–H groups in total. The Balaban J connectivity index is 1.92. The minimum absolute atomic E-state index is 0.152. The van der Waals surface area contributed by atoms with E-state index in [0.717, 1.165) is 19.3 Å². The lowest BCUT2D eigenvalue weighted by Crippen LogP contribution is -2.09. The predicted molar refractivity (Wildman–Crippen MR) is 110 cm³/mol. The second-order valence-corrected chi connectivity index (χ2v) is 6.88. The molecule has 2 rings (SSSR count). The fourth-order valence-corrected chi connectivity index (χ4v) is 2.89. The molecular formula is C22H30O7. The molecule has 1 heterocycles. The summed E-state index contributed by atoms with van der Waals surface area (Å²) < 4.78 is 21.2. The number of carbonyl (C=O) groups is 1. The smallest absolute Gasteiger partial charge is 0.383 e. The summed E-state index contributed by atoms with van der Waals surface area (Å²) in [4.78, 5) is 22.9. The number of hydrogen-bond acceptors (Lipinski definition) is 7. The number of benzene rings is 1. The van der Waals surface area contributed by atoms with Crippen molar-refractivity contribution in [2.45, 2.75) is 58.8 Å². The summed E-state index contributed by atoms with van der Waals surface area (Å²) in [6.07, 6.45) is 7.15. The number of aromatic hydroxyl groups is 1. The lowest BCUT2D eigenvalue weighted by Gasteiger charge is -2.10. The van der Waals surface area contributed by atoms with Crippen molar-refractivity contribution in [3.05, 3.63) is 28.6 Å². The number of hydrogen-bond donors (Lipinski definition) is 1. The molecule has 29 heavy (non-hydrogen) atoms. The predicted octanol–water partition coefficient (Wildman–Crippen LogP) is 4.57. The minimum atomic E-state index is -0.715. The Labute approximate surface area is 170 Å². The molecule has 2 aromatic rings. The van der Waals surface area contributed by atoms with Crippen molar-refractivity contribution in [3.8, 4) is 17.2 Å². The molecular weight excluding hydrogens is 376 g/mol. The minimum Gasteiger partial charge on any atom is -0.504 e. The molecule has 0 bridgehead atoms. The van der Waals surface area contributed by atoms with Gasteiger partial charge in [-0.1, -0.05) is 39.0 Å². The van der Waals surface area contributed by atoms with E-state index >= 15 is 0 Å². The number of esters is 1. The largest absolute Gasteiger partial charge is 0.504 e. The first kappa shape index (κ1) is 22.6. The van der Waals surface area contributed by atoms with Crippen LogP contribution in [0.3, 0.4) is 0 Å². The third kappa shape index (κ3) is 7.33. The normalized spacial score (nSPS) is 10.8. The van der Waals surface area contributed by atoms with Crippen molar-refractivity contribution in [2.75, 3.05) is 19.8 Å². The summed E-state index contributed by atoms with van der Waals surface area (Å²) in [6, 6.07) is 4.83. The monoisotopic (exact) mass is 406 g/mol. The summed E-state index contributed by atoms with van der Waals surface area (Å²) in [5.74, 6) is -0.212. The van der Waals surface area contributed by atoms with Crippen LogP contribution in [0.2, 0.25) is 0 Å². The van der Waals surface area contributed by atoms with E-state index < -0.39 is 5.63 Å². The number of ether oxygens (including phenoxy) is 3. The third-order valence-electron chi connectivity index (χ3n) is 4.42. The van der Waals surface area contributed by atoms with Crippen LogP contribution in [0.5, 0.6) is 17.2 Å². The lowest BCUT2D eigenvalue weighted by atomic mass is 10.1. The van der Waals surface area contributed by atoms with E-state index in [0.29, 0.717) is 30.8 Å². The SMILES string of the molecule is CCCCCCCCOc1c(O)c2ccc(OCCCOC(C)=O)cc2oc1=O. The van der Waals surface area contributed by atoms with Crippen LogP contribution in [-0.2, 0) is 9.53 Å². The average Bonchev–Trinajstić information content (AvgIpc) is 2.68. The van der Waals surface area contributed by atoms with Crippen LogP contribution in [-0.4, -0.2) is 30.9 Å². The first-order valence-corrected chi connectivity index (χ1v) is 10.2. The van der Waals surface area contributed by atoms with Gasteiger partial charge in [-0.3, -0.25) is 4.79 Å². The highest BCUT2D eigenvalue weighted by Crippen LogP contribution is 2.33. The zero-order chi connectivity index (χ0) is 21.1. The number of rotatable bonds is 13. The van der Waals surface area contributed by atoms with E-state index in [9.17, 15) is 14.7 Å². The molecule has 0 aliphatic rings. The van der Waals surface area contributed by atoms with Gasteiger partial charge < -0.3 is 23.7 Å². The van der Waals surface area contributed by atoms with Gasteiger partial charge in [0.2, 0.25) is 5.75 Å². The van der Waals surface area contributed by atoms with E-state index in [4.69, 9.17) is 18.6 Å². The maximum atomic E-state index is 12.2. The first-order valence-electron chi connectivity index (χ1n) is 10.2. The maximum Gasteiger partial charge on any atom is 0.383 e. The zero-order valence-corrected chi connectivity index (χ0v) is 17.2. The van der Waals surface area contributed by atoms with E-state index in [1.54, 1.807) is 18.2 Å². The first-order chi connectivity index (χ1) is 14.0. The van der Waals surface area contributed by atoms with Gasteiger partial charge in [-0.25, -0.2) is 4.79 Å². The van der Waals surface area contributed by atoms with Crippen molar-refractivity contribution in [3.63, 3.8) is 0 Å². The molecule has 0 aliphatic heterocycles. The summed E-state index contributed by atoms with van der Waals surface area (Å²) in [6.45, 7) is 4.50. The highest BCUT2D eigenvalue weighted by Gasteiger charge is 2.16. The second kappa shape index (κ2) is 12.0. The van der Waals surface area contributed by atoms with Crippen LogP contribution >= 0.6 is 0 Å². The van der Waals surface area contributed by atoms with Crippen molar-refractivity contribution in [1.82, 2.24) is 0 Å². The summed E-state index contributed by atoms with van der Waals surface area (Å²) in [5, 5.41) is 10.8. The molecule has 0 atom stereocenters. The zero-order valence-electron chi connectivity index (χ0n) is 17.2. The topological polar surface area (TPSA) is 95.2 Å². The van der Waals surface area contributed by atoms with Gasteiger partial charge in [-0.15, -0.1) is 0 Å². The molecule has 0 radical (unpaired) electrons. The molecule has 0 amide bonds. The molecule has 0 unspecified atom stereocenters. The van der Waals surface area contributed by atoms with Crippen LogP contribution in [0.15, 0.2) is 27.4 Å². The number of carbonyl (C=O) groups excluding carboxylic acids is 1. The molecule has 0 aliphatic carbocycles. The molecule has 0 spiro atoms. The fourth-order valence-electron chi connectivity index (χ4n) is 2.89. The highest BCUT2D eigenvalue weighted by atomic mass is 16.5. The van der Waals surface area contributed by atoms with Gasteiger partial charge >= 0.3 is 11.6 Å². The van der Waals surface area contributed by atoms with Crippen molar-refractivity contribution in [1.29, 1.82) is 0 Å². The lowest BCUT2D eigenvalue weighted by molar-refractivity contribution is -0.141. The quantitative estimate of drug-likeness (QED) is 0.296. The van der Waals surface area contributed by atoms with Gasteiger partial charge in [-0.05, 0) is 18.6 Å². The molecule has 1 aromatic heterocycles. The molecule has 1 aromatic carbocycles. The van der Waals surface area contributed by atoms with Crippen molar-refractivity contribution >= 4 is 16.9 Å². The Bertz CT molecular complexity index is 841. The molecule has 0 saturated heterocycles. The van der Waals surface area contributed by atoms with Crippen molar-refractivity contribution in [2.24, 2.45) is 0 Å². The van der Waals surface area contributed by atoms with Crippen molar-refractivity contribution < 1.29 is 28.5 Å². The molecule has 160 valence electrons. The molecule has 0 saturated carbocycles. The number of fused-ring (bicyclic) bond motifs is 1. The van der Waals surface area contributed by atoms with E-state index in [1.807, 2.05) is 0 Å². The maximum absolute atomic E-state index is 12.2. The van der Waals surface area contributed by atoms with E-state index in [-0.39, 0.29) is 29.7 Å². The Morgan fingerprint density at radius 2 is 1.72 bits per heavy atom. The summed E-state index contributed by atoms with van der Waals surface area (Å²) in [5.41, 5.74) is -0.495. The van der Waals surface area contributed by atoms with E-state index in [1.165, 1.54) is 26.2 Å². The fraction of sp³-hybridized carbons (Fsp3) is 0.545. The van der Waals surface area contributed by atoms with E-state index in [2.05, 4.69) is 6.92 Å². The van der Waals surface area contributed by atoms with Crippen LogP contribution in [0.25, 0.3) is 11.0 Å². The second-order valence-electron chi connectivity index (χ2n) is 6.88. The van der Waals surface area contributed by atoms with Crippen LogP contribution in [0, 0.1) is 0 Å². The van der Waals surface area contributed by atoms with Gasteiger partial charge in [0.15, 0.2) is 5.75 Å². The van der Waals surface area contributed by atoms with Crippen LogP contribution in [0.4, 0.5) is 0 Å².